The van der Waals surface area contributed by atoms with Gasteiger partial charge in [-0.1, -0.05) is 64.0 Å². The van der Waals surface area contributed by atoms with Gasteiger partial charge in [0, 0.05) is 4.47 Å². The number of nitrogens with two attached hydrogens (primary N) is 1. The molecule has 0 saturated heterocycles. The molecule has 0 spiro atoms. The van der Waals surface area contributed by atoms with Gasteiger partial charge in [-0.05, 0) is 42.4 Å². The maximum absolute atomic E-state index is 5.83. The third-order valence-electron chi connectivity index (χ3n) is 4.16. The predicted molar refractivity (Wildman–Crippen MR) is 86.2 cm³/mol. The Morgan fingerprint density at radius 1 is 1.20 bits per heavy atom. The van der Waals surface area contributed by atoms with E-state index in [4.69, 9.17) is 5.84 Å². The Hall–Kier alpha value is -1.16. The van der Waals surface area contributed by atoms with E-state index in [0.717, 1.165) is 4.47 Å². The van der Waals surface area contributed by atoms with Gasteiger partial charge in [0.25, 0.3) is 0 Å². The van der Waals surface area contributed by atoms with Gasteiger partial charge in [-0.15, -0.1) is 0 Å². The first-order valence-corrected chi connectivity index (χ1v) is 7.77. The van der Waals surface area contributed by atoms with Crippen molar-refractivity contribution in [1.29, 1.82) is 0 Å². The van der Waals surface area contributed by atoms with Crippen molar-refractivity contribution in [2.75, 3.05) is 0 Å². The summed E-state index contributed by atoms with van der Waals surface area (Å²) in [7, 11) is 0. The molecule has 0 radical (unpaired) electrons. The second-order valence-electron chi connectivity index (χ2n) is 5.59. The van der Waals surface area contributed by atoms with Gasteiger partial charge in [-0.2, -0.15) is 0 Å². The molecular weight excluding hydrogens is 312 g/mol. The van der Waals surface area contributed by atoms with Crippen LogP contribution in [-0.2, 0) is 0 Å². The number of hydrazine groups is 1. The van der Waals surface area contributed by atoms with Gasteiger partial charge in [-0.25, -0.2) is 0 Å². The lowest BCUT2D eigenvalue weighted by atomic mass is 9.98. The smallest absolute Gasteiger partial charge is 0.0505 e. The molecular formula is C17H19BrN2. The average Bonchev–Trinajstić information content (AvgIpc) is 3.25. The van der Waals surface area contributed by atoms with E-state index in [0.29, 0.717) is 11.8 Å². The molecule has 0 bridgehead atoms. The molecule has 1 fully saturated rings. The van der Waals surface area contributed by atoms with Crippen LogP contribution in [0.5, 0.6) is 0 Å². The van der Waals surface area contributed by atoms with Gasteiger partial charge in [0.2, 0.25) is 0 Å². The topological polar surface area (TPSA) is 38.0 Å². The highest BCUT2D eigenvalue weighted by atomic mass is 79.9. The van der Waals surface area contributed by atoms with Crippen LogP contribution in [0.15, 0.2) is 53.0 Å². The van der Waals surface area contributed by atoms with Crippen LogP contribution in [0.3, 0.4) is 0 Å². The molecule has 1 aliphatic carbocycles. The Balaban J connectivity index is 1.84. The van der Waals surface area contributed by atoms with Crippen LogP contribution >= 0.6 is 15.9 Å². The SMILES string of the molecule is Cc1ccc(Br)c(C(NN)C2CC2c2ccccc2)c1. The van der Waals surface area contributed by atoms with Crippen LogP contribution in [0, 0.1) is 12.8 Å². The number of hydrogen-bond acceptors (Lipinski definition) is 2. The average molecular weight is 331 g/mol. The van der Waals surface area contributed by atoms with E-state index in [2.05, 4.69) is 76.8 Å². The Labute approximate surface area is 128 Å². The number of halogens is 1. The van der Waals surface area contributed by atoms with Crippen molar-refractivity contribution in [2.45, 2.75) is 25.3 Å². The van der Waals surface area contributed by atoms with Crippen LogP contribution in [0.1, 0.15) is 35.1 Å². The summed E-state index contributed by atoms with van der Waals surface area (Å²) in [5.41, 5.74) is 6.96. The fourth-order valence-corrected chi connectivity index (χ4v) is 3.51. The zero-order valence-corrected chi connectivity index (χ0v) is 13.1. The van der Waals surface area contributed by atoms with Crippen molar-refractivity contribution in [3.63, 3.8) is 0 Å². The van der Waals surface area contributed by atoms with Crippen molar-refractivity contribution >= 4 is 15.9 Å². The molecule has 3 rings (SSSR count). The van der Waals surface area contributed by atoms with Gasteiger partial charge in [0.1, 0.15) is 0 Å². The van der Waals surface area contributed by atoms with Gasteiger partial charge in [0.05, 0.1) is 6.04 Å². The van der Waals surface area contributed by atoms with E-state index in [1.807, 2.05) is 0 Å². The molecule has 0 amide bonds. The molecule has 3 N–H and O–H groups in total. The lowest BCUT2D eigenvalue weighted by molar-refractivity contribution is 0.485. The summed E-state index contributed by atoms with van der Waals surface area (Å²) < 4.78 is 1.13. The van der Waals surface area contributed by atoms with Crippen molar-refractivity contribution in [3.8, 4) is 0 Å². The maximum atomic E-state index is 5.83. The molecule has 3 unspecified atom stereocenters. The summed E-state index contributed by atoms with van der Waals surface area (Å²) in [5.74, 6) is 7.02. The number of benzene rings is 2. The summed E-state index contributed by atoms with van der Waals surface area (Å²) in [4.78, 5) is 0. The summed E-state index contributed by atoms with van der Waals surface area (Å²) in [6, 6.07) is 17.3. The summed E-state index contributed by atoms with van der Waals surface area (Å²) in [5, 5.41) is 0. The molecule has 2 aromatic rings. The molecule has 0 aliphatic heterocycles. The fourth-order valence-electron chi connectivity index (χ4n) is 3.01. The maximum Gasteiger partial charge on any atom is 0.0505 e. The molecule has 1 saturated carbocycles. The van der Waals surface area contributed by atoms with E-state index >= 15 is 0 Å². The van der Waals surface area contributed by atoms with Crippen LogP contribution in [0.4, 0.5) is 0 Å². The quantitative estimate of drug-likeness (QED) is 0.655. The normalized spacial score (nSPS) is 22.6. The number of rotatable bonds is 4. The lowest BCUT2D eigenvalue weighted by Gasteiger charge is -2.19. The van der Waals surface area contributed by atoms with Crippen LogP contribution in [-0.4, -0.2) is 0 Å². The molecule has 3 heteroatoms. The minimum Gasteiger partial charge on any atom is -0.271 e. The monoisotopic (exact) mass is 330 g/mol. The number of aryl methyl sites for hydroxylation is 1. The van der Waals surface area contributed by atoms with Crippen molar-refractivity contribution in [3.05, 3.63) is 69.7 Å². The Morgan fingerprint density at radius 2 is 1.95 bits per heavy atom. The zero-order valence-electron chi connectivity index (χ0n) is 11.5. The van der Waals surface area contributed by atoms with E-state index in [1.165, 1.54) is 23.1 Å². The second kappa shape index (κ2) is 5.68. The first-order valence-electron chi connectivity index (χ1n) is 6.98. The largest absolute Gasteiger partial charge is 0.271 e. The minimum atomic E-state index is 0.203. The highest BCUT2D eigenvalue weighted by molar-refractivity contribution is 9.10. The van der Waals surface area contributed by atoms with Crippen LogP contribution < -0.4 is 11.3 Å². The third-order valence-corrected chi connectivity index (χ3v) is 4.88. The van der Waals surface area contributed by atoms with Gasteiger partial charge < -0.3 is 0 Å². The predicted octanol–water partition coefficient (Wildman–Crippen LogP) is 4.07. The Morgan fingerprint density at radius 3 is 2.65 bits per heavy atom. The lowest BCUT2D eigenvalue weighted by Crippen LogP contribution is -2.30. The molecule has 2 aromatic carbocycles. The van der Waals surface area contributed by atoms with Crippen molar-refractivity contribution in [2.24, 2.45) is 11.8 Å². The first kappa shape index (κ1) is 13.8. The molecule has 2 nitrogen and oxygen atoms in total. The van der Waals surface area contributed by atoms with E-state index in [9.17, 15) is 0 Å². The Bertz CT molecular complexity index is 597. The Kier molecular flexibility index (Phi) is 3.92. The molecule has 0 heterocycles. The zero-order chi connectivity index (χ0) is 14.1. The number of nitrogens with one attached hydrogen (secondary N) is 1. The first-order chi connectivity index (χ1) is 9.70. The van der Waals surface area contributed by atoms with E-state index in [1.54, 1.807) is 0 Å². The van der Waals surface area contributed by atoms with E-state index < -0.39 is 0 Å². The fraction of sp³-hybridized carbons (Fsp3) is 0.294. The second-order valence-corrected chi connectivity index (χ2v) is 6.44. The molecule has 20 heavy (non-hydrogen) atoms. The summed E-state index contributed by atoms with van der Waals surface area (Å²) >= 11 is 3.65. The third kappa shape index (κ3) is 2.66. The number of hydrogen-bond donors (Lipinski definition) is 2. The highest BCUT2D eigenvalue weighted by Gasteiger charge is 2.44. The summed E-state index contributed by atoms with van der Waals surface area (Å²) in [6.45, 7) is 2.12. The van der Waals surface area contributed by atoms with Gasteiger partial charge in [0.15, 0.2) is 0 Å². The molecule has 104 valence electrons. The van der Waals surface area contributed by atoms with E-state index in [-0.39, 0.29) is 6.04 Å². The van der Waals surface area contributed by atoms with Crippen molar-refractivity contribution in [1.82, 2.24) is 5.43 Å². The van der Waals surface area contributed by atoms with Crippen LogP contribution in [0.25, 0.3) is 0 Å². The molecule has 3 atom stereocenters. The van der Waals surface area contributed by atoms with Gasteiger partial charge in [-0.3, -0.25) is 11.3 Å². The van der Waals surface area contributed by atoms with Crippen molar-refractivity contribution < 1.29 is 0 Å². The highest BCUT2D eigenvalue weighted by Crippen LogP contribution is 2.54. The van der Waals surface area contributed by atoms with Gasteiger partial charge >= 0.3 is 0 Å². The van der Waals surface area contributed by atoms with Crippen LogP contribution in [0.2, 0.25) is 0 Å². The minimum absolute atomic E-state index is 0.203. The standard InChI is InChI=1S/C17H19BrN2/c1-11-7-8-16(18)15(9-11)17(20-19)14-10-13(14)12-5-3-2-4-6-12/h2-9,13-14,17,20H,10,19H2,1H3. The molecule has 1 aliphatic rings. The molecule has 0 aromatic heterocycles. The summed E-state index contributed by atoms with van der Waals surface area (Å²) in [6.07, 6.45) is 1.19.